The van der Waals surface area contributed by atoms with Crippen molar-refractivity contribution in [2.45, 2.75) is 18.0 Å². The van der Waals surface area contributed by atoms with Crippen LogP contribution in [0, 0.1) is 6.92 Å². The van der Waals surface area contributed by atoms with Gasteiger partial charge in [-0.2, -0.15) is 0 Å². The molecular weight excluding hydrogens is 150 g/mol. The Hall–Kier alpha value is 0.510. The molecule has 0 rings (SSSR count). The summed E-state index contributed by atoms with van der Waals surface area (Å²) in [7, 11) is 0. The van der Waals surface area contributed by atoms with E-state index in [2.05, 4.69) is 6.92 Å². The second-order valence-electron chi connectivity index (χ2n) is 1.58. The molecule has 2 atom stereocenters. The molecule has 0 aliphatic rings. The maximum absolute atomic E-state index is 11.9. The van der Waals surface area contributed by atoms with Crippen LogP contribution in [0.4, 0.5) is 4.39 Å². The third-order valence-corrected chi connectivity index (χ3v) is 1.54. The van der Waals surface area contributed by atoms with Crippen molar-refractivity contribution in [3.05, 3.63) is 6.92 Å². The summed E-state index contributed by atoms with van der Waals surface area (Å²) in [6, 6.07) is 0. The Kier molecular flexibility index (Phi) is 4.68. The highest BCUT2D eigenvalue weighted by Crippen LogP contribution is 2.08. The van der Waals surface area contributed by atoms with E-state index in [1.165, 1.54) is 0 Å². The van der Waals surface area contributed by atoms with Crippen LogP contribution in [0.25, 0.3) is 0 Å². The topological polar surface area (TPSA) is 0 Å². The van der Waals surface area contributed by atoms with Gasteiger partial charge in [-0.3, -0.25) is 0 Å². The highest BCUT2D eigenvalue weighted by Gasteiger charge is 2.06. The number of alkyl halides is 3. The van der Waals surface area contributed by atoms with E-state index in [0.717, 1.165) is 0 Å². The van der Waals surface area contributed by atoms with E-state index < -0.39 is 6.17 Å². The Morgan fingerprint density at radius 1 is 1.62 bits per heavy atom. The maximum Gasteiger partial charge on any atom is 0.102 e. The zero-order chi connectivity index (χ0) is 6.57. The minimum atomic E-state index is -1.09. The average Bonchev–Trinajstić information content (AvgIpc) is 1.65. The maximum atomic E-state index is 11.9. The number of halogens is 3. The van der Waals surface area contributed by atoms with Crippen molar-refractivity contribution in [1.29, 1.82) is 0 Å². The van der Waals surface area contributed by atoms with E-state index >= 15 is 0 Å². The van der Waals surface area contributed by atoms with Crippen LogP contribution in [-0.2, 0) is 0 Å². The molecule has 0 nitrogen and oxygen atoms in total. The minimum absolute atomic E-state index is 0.241. The van der Waals surface area contributed by atoms with Gasteiger partial charge in [-0.1, -0.05) is 0 Å². The smallest absolute Gasteiger partial charge is 0.102 e. The van der Waals surface area contributed by atoms with Gasteiger partial charge >= 0.3 is 0 Å². The summed E-state index contributed by atoms with van der Waals surface area (Å²) in [6.07, 6.45) is -0.846. The first-order chi connectivity index (χ1) is 3.66. The average molecular weight is 158 g/mol. The molecule has 1 radical (unpaired) electrons. The van der Waals surface area contributed by atoms with Crippen molar-refractivity contribution in [1.82, 2.24) is 0 Å². The quantitative estimate of drug-likeness (QED) is 0.553. The number of hydrogen-bond acceptors (Lipinski definition) is 0. The summed E-state index contributed by atoms with van der Waals surface area (Å²) in [5.74, 6) is 0.289. The van der Waals surface area contributed by atoms with E-state index in [1.54, 1.807) is 0 Å². The highest BCUT2D eigenvalue weighted by molar-refractivity contribution is 6.28. The van der Waals surface area contributed by atoms with Crippen molar-refractivity contribution in [3.63, 3.8) is 0 Å². The molecule has 0 N–H and O–H groups in total. The lowest BCUT2D eigenvalue weighted by molar-refractivity contribution is 0.375. The molecule has 0 amide bonds. The Morgan fingerprint density at radius 3 is 2.25 bits per heavy atom. The molecule has 8 heavy (non-hydrogen) atoms. The zero-order valence-electron chi connectivity index (χ0n) is 4.41. The predicted molar refractivity (Wildman–Crippen MR) is 35.2 cm³/mol. The highest BCUT2D eigenvalue weighted by atomic mass is 35.5. The third kappa shape index (κ3) is 4.66. The van der Waals surface area contributed by atoms with Crippen molar-refractivity contribution < 1.29 is 4.39 Å². The molecule has 0 aliphatic heterocycles. The van der Waals surface area contributed by atoms with Gasteiger partial charge in [0.2, 0.25) is 0 Å². The largest absolute Gasteiger partial charge is 0.247 e. The van der Waals surface area contributed by atoms with E-state index in [4.69, 9.17) is 23.2 Å². The molecule has 0 bridgehead atoms. The van der Waals surface area contributed by atoms with Crippen LogP contribution >= 0.6 is 23.2 Å². The van der Waals surface area contributed by atoms with E-state index in [1.807, 2.05) is 0 Å². The van der Waals surface area contributed by atoms with E-state index in [0.29, 0.717) is 0 Å². The lowest BCUT2D eigenvalue weighted by Crippen LogP contribution is -2.06. The van der Waals surface area contributed by atoms with Crippen LogP contribution in [0.3, 0.4) is 0 Å². The van der Waals surface area contributed by atoms with Gasteiger partial charge in [-0.05, 0) is 13.3 Å². The molecule has 2 unspecified atom stereocenters. The van der Waals surface area contributed by atoms with Gasteiger partial charge in [0, 0.05) is 11.3 Å². The SMILES string of the molecule is [CH2]C(F)CC(Cl)CCl. The summed E-state index contributed by atoms with van der Waals surface area (Å²) in [5.41, 5.74) is 0. The van der Waals surface area contributed by atoms with Gasteiger partial charge in [0.05, 0.1) is 0 Å². The Morgan fingerprint density at radius 2 is 2.12 bits per heavy atom. The molecule has 0 aromatic carbocycles. The Balaban J connectivity index is 3.10. The molecule has 0 aromatic rings. The van der Waals surface area contributed by atoms with Gasteiger partial charge in [-0.15, -0.1) is 23.2 Å². The van der Waals surface area contributed by atoms with Crippen molar-refractivity contribution in [3.8, 4) is 0 Å². The fourth-order valence-corrected chi connectivity index (χ4v) is 0.660. The molecule has 0 aromatic heterocycles. The molecule has 0 saturated heterocycles. The summed E-state index contributed by atoms with van der Waals surface area (Å²) in [5, 5.41) is -0.274. The second kappa shape index (κ2) is 4.39. The lowest BCUT2D eigenvalue weighted by atomic mass is 10.2. The normalized spacial score (nSPS) is 18.0. The molecule has 0 spiro atoms. The summed E-state index contributed by atoms with van der Waals surface area (Å²) < 4.78 is 11.9. The monoisotopic (exact) mass is 157 g/mol. The van der Waals surface area contributed by atoms with Crippen LogP contribution in [-0.4, -0.2) is 17.4 Å². The fraction of sp³-hybridized carbons (Fsp3) is 0.800. The second-order valence-corrected chi connectivity index (χ2v) is 2.51. The fourth-order valence-electron chi connectivity index (χ4n) is 0.341. The van der Waals surface area contributed by atoms with Gasteiger partial charge in [0.25, 0.3) is 0 Å². The molecule has 0 fully saturated rings. The molecular formula is C5H8Cl2F. The lowest BCUT2D eigenvalue weighted by Gasteiger charge is -2.03. The van der Waals surface area contributed by atoms with Crippen LogP contribution in [0.1, 0.15) is 6.42 Å². The third-order valence-electron chi connectivity index (χ3n) is 0.679. The molecule has 0 saturated carbocycles. The van der Waals surface area contributed by atoms with Gasteiger partial charge in [-0.25, -0.2) is 4.39 Å². The zero-order valence-corrected chi connectivity index (χ0v) is 5.92. The van der Waals surface area contributed by atoms with Crippen molar-refractivity contribution in [2.24, 2.45) is 0 Å². The Labute approximate surface area is 59.0 Å². The predicted octanol–water partition coefficient (Wildman–Crippen LogP) is 2.39. The van der Waals surface area contributed by atoms with Gasteiger partial charge < -0.3 is 0 Å². The van der Waals surface area contributed by atoms with Gasteiger partial charge in [0.1, 0.15) is 6.17 Å². The first-order valence-corrected chi connectivity index (χ1v) is 3.31. The molecule has 3 heteroatoms. The standard InChI is InChI=1S/C5H8Cl2F/c1-4(8)2-5(7)3-6/h4-5H,1-3H2. The summed E-state index contributed by atoms with van der Waals surface area (Å²) in [4.78, 5) is 0. The number of rotatable bonds is 3. The minimum Gasteiger partial charge on any atom is -0.247 e. The van der Waals surface area contributed by atoms with E-state index in [9.17, 15) is 4.39 Å². The molecule has 0 aliphatic carbocycles. The van der Waals surface area contributed by atoms with E-state index in [-0.39, 0.29) is 17.7 Å². The van der Waals surface area contributed by atoms with Crippen LogP contribution in [0.2, 0.25) is 0 Å². The molecule has 0 heterocycles. The molecule has 49 valence electrons. The van der Waals surface area contributed by atoms with Gasteiger partial charge in [0.15, 0.2) is 0 Å². The Bertz CT molecular complexity index is 56.4. The summed E-state index contributed by atoms with van der Waals surface area (Å²) in [6.45, 7) is 3.12. The van der Waals surface area contributed by atoms with Crippen LogP contribution in [0.5, 0.6) is 0 Å². The van der Waals surface area contributed by atoms with Crippen LogP contribution < -0.4 is 0 Å². The summed E-state index contributed by atoms with van der Waals surface area (Å²) >= 11 is 10.7. The first-order valence-electron chi connectivity index (χ1n) is 2.34. The van der Waals surface area contributed by atoms with Crippen LogP contribution in [0.15, 0.2) is 0 Å². The van der Waals surface area contributed by atoms with Crippen molar-refractivity contribution >= 4 is 23.2 Å². The van der Waals surface area contributed by atoms with Crippen molar-refractivity contribution in [2.75, 3.05) is 5.88 Å². The number of hydrogen-bond donors (Lipinski definition) is 0. The first kappa shape index (κ1) is 8.51.